The first-order valence-corrected chi connectivity index (χ1v) is 9.78. The molecule has 2 fully saturated rings. The molecule has 0 N–H and O–H groups in total. The van der Waals surface area contributed by atoms with Crippen molar-refractivity contribution in [3.05, 3.63) is 35.9 Å². The van der Waals surface area contributed by atoms with Crippen molar-refractivity contribution in [2.75, 3.05) is 19.6 Å². The number of nitrogens with zero attached hydrogens (tertiary/aromatic N) is 2. The molecule has 160 valence electrons. The van der Waals surface area contributed by atoms with Crippen LogP contribution in [0.1, 0.15) is 39.7 Å². The second-order valence-corrected chi connectivity index (χ2v) is 8.90. The van der Waals surface area contributed by atoms with Gasteiger partial charge in [-0.15, -0.1) is 0 Å². The number of likely N-dealkylation sites (tertiary alicyclic amines) is 2. The van der Waals surface area contributed by atoms with Crippen LogP contribution >= 0.6 is 0 Å². The number of ether oxygens (including phenoxy) is 2. The number of hydrogen-bond donors (Lipinski definition) is 0. The van der Waals surface area contributed by atoms with E-state index in [1.165, 1.54) is 11.8 Å². The van der Waals surface area contributed by atoms with Gasteiger partial charge in [-0.05, 0) is 39.7 Å². The second-order valence-electron chi connectivity index (χ2n) is 8.90. The van der Waals surface area contributed by atoms with E-state index in [0.717, 1.165) is 10.5 Å². The zero-order chi connectivity index (χ0) is 21.4. The van der Waals surface area contributed by atoms with E-state index in [4.69, 9.17) is 9.47 Å². The number of alkyl halides is 2. The molecule has 2 saturated heterocycles. The van der Waals surface area contributed by atoms with Gasteiger partial charge in [0.25, 0.3) is 5.92 Å². The molecule has 0 radical (unpaired) electrons. The summed E-state index contributed by atoms with van der Waals surface area (Å²) in [5.74, 6) is -3.14. The van der Waals surface area contributed by atoms with Gasteiger partial charge in [-0.3, -0.25) is 4.90 Å². The van der Waals surface area contributed by atoms with Gasteiger partial charge in [0.2, 0.25) is 0 Å². The maximum absolute atomic E-state index is 15.2. The average molecular weight is 410 g/mol. The summed E-state index contributed by atoms with van der Waals surface area (Å²) in [6.45, 7) is 6.53. The maximum atomic E-state index is 15.2. The van der Waals surface area contributed by atoms with E-state index in [-0.39, 0.29) is 32.7 Å². The molecule has 0 saturated carbocycles. The fraction of sp³-hybridized carbons (Fsp3) is 0.619. The topological polar surface area (TPSA) is 59.1 Å². The number of carbonyl (C=O) groups excluding carboxylic acids is 2. The van der Waals surface area contributed by atoms with Gasteiger partial charge in [-0.1, -0.05) is 30.3 Å². The van der Waals surface area contributed by atoms with Crippen molar-refractivity contribution in [3.63, 3.8) is 0 Å². The van der Waals surface area contributed by atoms with Gasteiger partial charge in [-0.25, -0.2) is 18.4 Å². The van der Waals surface area contributed by atoms with Crippen LogP contribution in [0.25, 0.3) is 0 Å². The highest BCUT2D eigenvalue weighted by Gasteiger charge is 2.67. The van der Waals surface area contributed by atoms with Gasteiger partial charge in [-0.2, -0.15) is 0 Å². The van der Waals surface area contributed by atoms with Crippen LogP contribution in [0.15, 0.2) is 30.3 Å². The third kappa shape index (κ3) is 4.16. The summed E-state index contributed by atoms with van der Waals surface area (Å²) in [7, 11) is 0. The van der Waals surface area contributed by atoms with Crippen molar-refractivity contribution < 1.29 is 27.8 Å². The molecule has 0 bridgehead atoms. The Morgan fingerprint density at radius 1 is 1.14 bits per heavy atom. The minimum absolute atomic E-state index is 0.0832. The lowest BCUT2D eigenvalue weighted by atomic mass is 9.67. The number of hydrogen-bond acceptors (Lipinski definition) is 4. The van der Waals surface area contributed by atoms with Gasteiger partial charge in [0, 0.05) is 19.6 Å². The third-order valence-electron chi connectivity index (χ3n) is 5.61. The number of rotatable bonds is 2. The van der Waals surface area contributed by atoms with Crippen LogP contribution in [0, 0.1) is 5.41 Å². The van der Waals surface area contributed by atoms with Crippen LogP contribution < -0.4 is 0 Å². The molecule has 2 heterocycles. The Morgan fingerprint density at radius 2 is 1.76 bits per heavy atom. The summed E-state index contributed by atoms with van der Waals surface area (Å²) in [5.41, 5.74) is -1.26. The highest BCUT2D eigenvalue weighted by atomic mass is 19.3. The largest absolute Gasteiger partial charge is 0.445 e. The molecule has 1 spiro atoms. The third-order valence-corrected chi connectivity index (χ3v) is 5.61. The number of piperidine rings is 1. The van der Waals surface area contributed by atoms with Gasteiger partial charge in [0.05, 0.1) is 11.5 Å². The minimum Gasteiger partial charge on any atom is -0.445 e. The number of carbonyl (C=O) groups is 2. The molecule has 0 aliphatic carbocycles. The number of benzene rings is 1. The fourth-order valence-electron chi connectivity index (χ4n) is 3.90. The lowest BCUT2D eigenvalue weighted by molar-refractivity contribution is -0.237. The summed E-state index contributed by atoms with van der Waals surface area (Å²) in [5, 5.41) is 0. The van der Waals surface area contributed by atoms with Crippen molar-refractivity contribution >= 4 is 12.2 Å². The van der Waals surface area contributed by atoms with E-state index in [9.17, 15) is 9.59 Å². The van der Waals surface area contributed by atoms with E-state index in [1.54, 1.807) is 20.8 Å². The standard InChI is InChI=1S/C21H28F2N2O4/c1-15-21(22,23)20(10-11-25(15)18(27)29-19(2,3)4)13-24(14-20)17(26)28-12-16-8-6-5-7-9-16/h5-9,15H,10-14H2,1-4H3. The van der Waals surface area contributed by atoms with Crippen molar-refractivity contribution in [1.82, 2.24) is 9.80 Å². The van der Waals surface area contributed by atoms with Crippen LogP contribution in [-0.2, 0) is 16.1 Å². The van der Waals surface area contributed by atoms with E-state index < -0.39 is 35.2 Å². The quantitative estimate of drug-likeness (QED) is 0.730. The van der Waals surface area contributed by atoms with Crippen LogP contribution in [-0.4, -0.2) is 59.2 Å². The summed E-state index contributed by atoms with van der Waals surface area (Å²) in [6, 6.07) is 7.87. The molecule has 3 rings (SSSR count). The SMILES string of the molecule is CC1N(C(=O)OC(C)(C)C)CCC2(CN(C(=O)OCc3ccccc3)C2)C1(F)F. The molecule has 6 nitrogen and oxygen atoms in total. The highest BCUT2D eigenvalue weighted by Crippen LogP contribution is 2.53. The fourth-order valence-corrected chi connectivity index (χ4v) is 3.90. The molecule has 1 unspecified atom stereocenters. The summed E-state index contributed by atoms with van der Waals surface area (Å²) >= 11 is 0. The first-order chi connectivity index (χ1) is 13.5. The number of halogens is 2. The Kier molecular flexibility index (Phi) is 5.49. The number of amides is 2. The monoisotopic (exact) mass is 410 g/mol. The summed E-state index contributed by atoms with van der Waals surface area (Å²) in [6.07, 6.45) is -1.23. The van der Waals surface area contributed by atoms with E-state index in [2.05, 4.69) is 0 Å². The van der Waals surface area contributed by atoms with Crippen molar-refractivity contribution in [3.8, 4) is 0 Å². The van der Waals surface area contributed by atoms with Crippen LogP contribution in [0.4, 0.5) is 18.4 Å². The molecule has 0 aromatic heterocycles. The molecule has 8 heteroatoms. The molecular weight excluding hydrogens is 382 g/mol. The Labute approximate surface area is 169 Å². The molecule has 2 aliphatic heterocycles. The molecular formula is C21H28F2N2O4. The predicted molar refractivity (Wildman–Crippen MR) is 103 cm³/mol. The van der Waals surface area contributed by atoms with Gasteiger partial charge in [0.1, 0.15) is 12.2 Å². The molecule has 29 heavy (non-hydrogen) atoms. The normalized spacial score (nSPS) is 22.8. The Bertz CT molecular complexity index is 758. The van der Waals surface area contributed by atoms with Crippen molar-refractivity contribution in [1.29, 1.82) is 0 Å². The molecule has 1 atom stereocenters. The van der Waals surface area contributed by atoms with Gasteiger partial charge < -0.3 is 14.4 Å². The predicted octanol–water partition coefficient (Wildman–Crippen LogP) is 4.29. The van der Waals surface area contributed by atoms with E-state index in [0.29, 0.717) is 0 Å². The first kappa shape index (κ1) is 21.3. The highest BCUT2D eigenvalue weighted by molar-refractivity contribution is 5.70. The molecule has 1 aromatic carbocycles. The molecule has 2 amide bonds. The van der Waals surface area contributed by atoms with E-state index in [1.807, 2.05) is 30.3 Å². The van der Waals surface area contributed by atoms with Gasteiger partial charge >= 0.3 is 12.2 Å². The Morgan fingerprint density at radius 3 is 2.34 bits per heavy atom. The molecule has 1 aromatic rings. The average Bonchev–Trinajstić information content (AvgIpc) is 2.59. The van der Waals surface area contributed by atoms with E-state index >= 15 is 8.78 Å². The minimum atomic E-state index is -3.14. The lowest BCUT2D eigenvalue weighted by Crippen LogP contribution is -2.74. The van der Waals surface area contributed by atoms with Crippen LogP contribution in [0.3, 0.4) is 0 Å². The molecule has 2 aliphatic rings. The van der Waals surface area contributed by atoms with Crippen molar-refractivity contribution in [2.45, 2.75) is 58.3 Å². The van der Waals surface area contributed by atoms with Crippen molar-refractivity contribution in [2.24, 2.45) is 5.41 Å². The van der Waals surface area contributed by atoms with Gasteiger partial charge in [0.15, 0.2) is 0 Å². The second kappa shape index (κ2) is 7.46. The Balaban J connectivity index is 1.58. The zero-order valence-corrected chi connectivity index (χ0v) is 17.3. The lowest BCUT2D eigenvalue weighted by Gasteiger charge is -2.58. The zero-order valence-electron chi connectivity index (χ0n) is 17.3. The smallest absolute Gasteiger partial charge is 0.410 e. The van der Waals surface area contributed by atoms with Crippen LogP contribution in [0.5, 0.6) is 0 Å². The first-order valence-electron chi connectivity index (χ1n) is 9.78. The summed E-state index contributed by atoms with van der Waals surface area (Å²) < 4.78 is 40.9. The maximum Gasteiger partial charge on any atom is 0.410 e. The Hall–Kier alpha value is -2.38. The summed E-state index contributed by atoms with van der Waals surface area (Å²) in [4.78, 5) is 26.9. The van der Waals surface area contributed by atoms with Crippen LogP contribution in [0.2, 0.25) is 0 Å².